The molecule has 8 nitrogen and oxygen atoms in total. The second-order valence-corrected chi connectivity index (χ2v) is 12.0. The van der Waals surface area contributed by atoms with Crippen LogP contribution in [0, 0.1) is 32.4 Å². The molecule has 0 bridgehead atoms. The van der Waals surface area contributed by atoms with E-state index in [9.17, 15) is 13.2 Å². The molecule has 2 atom stereocenters. The molecule has 3 aromatic heterocycles. The van der Waals surface area contributed by atoms with Crippen molar-refractivity contribution in [2.45, 2.75) is 43.9 Å². The van der Waals surface area contributed by atoms with Gasteiger partial charge in [0.25, 0.3) is 5.56 Å². The Morgan fingerprint density at radius 1 is 1.08 bits per heavy atom. The fraction of sp³-hybridized carbons (Fsp3) is 0.308. The molecule has 3 heterocycles. The second kappa shape index (κ2) is 9.09. The number of hydrogen-bond donors (Lipinski definition) is 0. The smallest absolute Gasteiger partial charge is 0.274 e. The summed E-state index contributed by atoms with van der Waals surface area (Å²) in [5, 5.41) is 8.69. The number of halogens is 3. The molecule has 0 N–H and O–H groups in total. The average Bonchev–Trinajstić information content (AvgIpc) is 3.54. The molecule has 0 amide bonds. The van der Waals surface area contributed by atoms with E-state index in [1.54, 1.807) is 27.0 Å². The normalized spacial score (nSPS) is 17.2. The van der Waals surface area contributed by atoms with Crippen LogP contribution in [0.4, 0.5) is 8.78 Å². The van der Waals surface area contributed by atoms with Crippen LogP contribution < -0.4 is 5.56 Å². The Labute approximate surface area is 222 Å². The first kappa shape index (κ1) is 26.2. The summed E-state index contributed by atoms with van der Waals surface area (Å²) < 4.78 is 56.3. The van der Waals surface area contributed by atoms with E-state index in [1.807, 2.05) is 6.92 Å². The van der Waals surface area contributed by atoms with Gasteiger partial charge in [0, 0.05) is 36.7 Å². The van der Waals surface area contributed by atoms with Gasteiger partial charge in [0.05, 0.1) is 17.1 Å². The van der Waals surface area contributed by atoms with Crippen molar-refractivity contribution in [1.29, 1.82) is 0 Å². The molecule has 1 aliphatic rings. The minimum Gasteiger partial charge on any atom is -0.277 e. The molecule has 198 valence electrons. The van der Waals surface area contributed by atoms with Crippen LogP contribution in [0.3, 0.4) is 0 Å². The first-order valence-electron chi connectivity index (χ1n) is 11.8. The average molecular weight is 560 g/mol. The van der Waals surface area contributed by atoms with Crippen molar-refractivity contribution in [2.24, 2.45) is 7.05 Å². The zero-order chi connectivity index (χ0) is 27.7. The van der Waals surface area contributed by atoms with Gasteiger partial charge in [-0.25, -0.2) is 17.2 Å². The highest BCUT2D eigenvalue weighted by atomic mass is 35.5. The Morgan fingerprint density at radius 2 is 1.79 bits per heavy atom. The van der Waals surface area contributed by atoms with E-state index in [1.165, 1.54) is 23.1 Å². The van der Waals surface area contributed by atoms with E-state index in [-0.39, 0.29) is 28.1 Å². The minimum absolute atomic E-state index is 0.0225. The third kappa shape index (κ3) is 4.23. The van der Waals surface area contributed by atoms with Gasteiger partial charge in [0.2, 0.25) is 0 Å². The molecule has 0 unspecified atom stereocenters. The molecular formula is C26H24ClF2N5O3S. The maximum absolute atomic E-state index is 16.0. The molecule has 12 heteroatoms. The molecular weight excluding hydrogens is 536 g/mol. The molecule has 1 aromatic carbocycles. The molecule has 4 aromatic rings. The fourth-order valence-electron chi connectivity index (χ4n) is 4.99. The molecule has 1 fully saturated rings. The molecule has 0 radical (unpaired) electrons. The van der Waals surface area contributed by atoms with Gasteiger partial charge in [-0.2, -0.15) is 15.0 Å². The number of pyridine rings is 2. The third-order valence-corrected chi connectivity index (χ3v) is 8.33. The highest BCUT2D eigenvalue weighted by molar-refractivity contribution is 7.90. The second-order valence-electron chi connectivity index (χ2n) is 9.65. The van der Waals surface area contributed by atoms with Crippen LogP contribution in [0.1, 0.15) is 46.5 Å². The van der Waals surface area contributed by atoms with Crippen molar-refractivity contribution in [3.63, 3.8) is 0 Å². The van der Waals surface area contributed by atoms with E-state index in [4.69, 9.17) is 11.6 Å². The summed E-state index contributed by atoms with van der Waals surface area (Å²) in [5.74, 6) is -2.03. The van der Waals surface area contributed by atoms with Gasteiger partial charge in [-0.1, -0.05) is 17.7 Å². The lowest BCUT2D eigenvalue weighted by Gasteiger charge is -2.18. The van der Waals surface area contributed by atoms with Gasteiger partial charge in [-0.15, -0.1) is 0 Å². The van der Waals surface area contributed by atoms with E-state index in [0.717, 1.165) is 34.7 Å². The molecule has 1 saturated carbocycles. The lowest BCUT2D eigenvalue weighted by Crippen LogP contribution is -2.24. The van der Waals surface area contributed by atoms with Gasteiger partial charge in [0.15, 0.2) is 21.5 Å². The molecule has 0 aliphatic heterocycles. The van der Waals surface area contributed by atoms with E-state index >= 15 is 8.78 Å². The van der Waals surface area contributed by atoms with Gasteiger partial charge in [0.1, 0.15) is 15.6 Å². The predicted molar refractivity (Wildman–Crippen MR) is 139 cm³/mol. The topological polar surface area (TPSA) is 99.7 Å². The van der Waals surface area contributed by atoms with Crippen LogP contribution in [-0.2, 0) is 16.9 Å². The largest absolute Gasteiger partial charge is 0.277 e. The SMILES string of the molecule is Cc1cnc(-c2cccc(S(C)(=O)=O)c2F)c(F)c1-n1c(C)cc([C@H]2C[C@@H]2c2nn(C)nc2C)c(Cl)c1=O. The van der Waals surface area contributed by atoms with Crippen LogP contribution in [0.2, 0.25) is 5.02 Å². The summed E-state index contributed by atoms with van der Waals surface area (Å²) >= 11 is 6.57. The Balaban J connectivity index is 1.63. The lowest BCUT2D eigenvalue weighted by molar-refractivity contribution is 0.569. The maximum Gasteiger partial charge on any atom is 0.274 e. The Kier molecular flexibility index (Phi) is 6.26. The summed E-state index contributed by atoms with van der Waals surface area (Å²) in [6.45, 7) is 5.11. The number of sulfone groups is 1. The maximum atomic E-state index is 16.0. The fourth-order valence-corrected chi connectivity index (χ4v) is 6.03. The van der Waals surface area contributed by atoms with Crippen molar-refractivity contribution in [3.8, 4) is 16.9 Å². The van der Waals surface area contributed by atoms with Gasteiger partial charge in [-0.3, -0.25) is 14.3 Å². The van der Waals surface area contributed by atoms with Gasteiger partial charge < -0.3 is 0 Å². The van der Waals surface area contributed by atoms with Crippen LogP contribution >= 0.6 is 11.6 Å². The van der Waals surface area contributed by atoms with E-state index < -0.39 is 37.6 Å². The van der Waals surface area contributed by atoms with Crippen molar-refractivity contribution in [2.75, 3.05) is 6.26 Å². The number of aryl methyl sites for hydroxylation is 4. The standard InChI is InChI=1S/C26H24ClF2N5O3S/c1-12-11-30-24(15-7-6-8-19(21(15)28)38(5,36)37)22(29)25(12)34-13(2)9-17(20(27)26(34)35)16-10-18(16)23-14(3)31-33(4)32-23/h6-9,11,16,18H,10H2,1-5H3/t16-,18+/m1/s1. The summed E-state index contributed by atoms with van der Waals surface area (Å²) in [6.07, 6.45) is 2.93. The van der Waals surface area contributed by atoms with E-state index in [2.05, 4.69) is 15.2 Å². The van der Waals surface area contributed by atoms with Crippen LogP contribution in [0.5, 0.6) is 0 Å². The monoisotopic (exact) mass is 559 g/mol. The number of nitrogens with zero attached hydrogens (tertiary/aromatic N) is 5. The lowest BCUT2D eigenvalue weighted by atomic mass is 10.1. The Hall–Kier alpha value is -3.44. The molecule has 5 rings (SSSR count). The summed E-state index contributed by atoms with van der Waals surface area (Å²) in [6, 6.07) is 5.40. The summed E-state index contributed by atoms with van der Waals surface area (Å²) in [4.78, 5) is 18.5. The van der Waals surface area contributed by atoms with Crippen molar-refractivity contribution in [3.05, 3.63) is 85.7 Å². The first-order valence-corrected chi connectivity index (χ1v) is 14.0. The Morgan fingerprint density at radius 3 is 2.42 bits per heavy atom. The summed E-state index contributed by atoms with van der Waals surface area (Å²) in [7, 11) is -2.16. The Bertz CT molecular complexity index is 1800. The molecule has 0 saturated heterocycles. The summed E-state index contributed by atoms with van der Waals surface area (Å²) in [5.41, 5.74) is 1.57. The van der Waals surface area contributed by atoms with Gasteiger partial charge >= 0.3 is 0 Å². The zero-order valence-electron chi connectivity index (χ0n) is 21.3. The number of benzene rings is 1. The molecule has 1 aliphatic carbocycles. The molecule has 0 spiro atoms. The van der Waals surface area contributed by atoms with Crippen LogP contribution in [0.15, 0.2) is 40.2 Å². The predicted octanol–water partition coefficient (Wildman–Crippen LogP) is 4.56. The number of hydrogen-bond acceptors (Lipinski definition) is 6. The number of rotatable bonds is 5. The number of aromatic nitrogens is 5. The van der Waals surface area contributed by atoms with Crippen molar-refractivity contribution in [1.82, 2.24) is 24.5 Å². The first-order chi connectivity index (χ1) is 17.8. The van der Waals surface area contributed by atoms with Crippen molar-refractivity contribution < 1.29 is 17.2 Å². The highest BCUT2D eigenvalue weighted by Crippen LogP contribution is 2.55. The van der Waals surface area contributed by atoms with Crippen molar-refractivity contribution >= 4 is 21.4 Å². The quantitative estimate of drug-likeness (QED) is 0.355. The van der Waals surface area contributed by atoms with Gasteiger partial charge in [-0.05, 0) is 62.4 Å². The minimum atomic E-state index is -3.91. The third-order valence-electron chi connectivity index (χ3n) is 6.84. The molecule has 38 heavy (non-hydrogen) atoms. The zero-order valence-corrected chi connectivity index (χ0v) is 22.8. The highest BCUT2D eigenvalue weighted by Gasteiger charge is 2.44. The van der Waals surface area contributed by atoms with Crippen LogP contribution in [0.25, 0.3) is 16.9 Å². The van der Waals surface area contributed by atoms with Crippen LogP contribution in [-0.4, -0.2) is 39.2 Å². The van der Waals surface area contributed by atoms with E-state index in [0.29, 0.717) is 16.8 Å².